The minimum Gasteiger partial charge on any atom is -0.0766 e. The van der Waals surface area contributed by atoms with E-state index < -0.39 is 0 Å². The van der Waals surface area contributed by atoms with Crippen molar-refractivity contribution in [1.82, 2.24) is 0 Å². The molecule has 0 N–H and O–H groups in total. The molecule has 0 spiro atoms. The van der Waals surface area contributed by atoms with E-state index in [0.717, 1.165) is 5.92 Å². The highest BCUT2D eigenvalue weighted by Crippen LogP contribution is 2.48. The number of hydrogen-bond donors (Lipinski definition) is 0. The lowest BCUT2D eigenvalue weighted by Gasteiger charge is -1.94. The van der Waals surface area contributed by atoms with E-state index in [2.05, 4.69) is 44.2 Å². The lowest BCUT2D eigenvalue weighted by Crippen LogP contribution is -1.76. The normalized spacial score (nSPS) is 20.8. The van der Waals surface area contributed by atoms with Crippen molar-refractivity contribution in [1.29, 1.82) is 0 Å². The van der Waals surface area contributed by atoms with Gasteiger partial charge in [-0.2, -0.15) is 0 Å². The van der Waals surface area contributed by atoms with Crippen molar-refractivity contribution < 1.29 is 0 Å². The molecule has 1 aromatic carbocycles. The highest BCUT2D eigenvalue weighted by atomic mass is 14.3. The minimum absolute atomic E-state index is 0.746. The third kappa shape index (κ3) is 1.29. The molecular formula is C12H14. The zero-order valence-corrected chi connectivity index (χ0v) is 7.67. The summed E-state index contributed by atoms with van der Waals surface area (Å²) < 4.78 is 0. The van der Waals surface area contributed by atoms with E-state index in [1.54, 1.807) is 5.57 Å². The average molecular weight is 158 g/mol. The standard InChI is InChI=1S/C12H14/c1-9(2)11-8-12(11)10-6-4-3-5-7-10/h3-7,12H,8H2,1-2H3. The lowest BCUT2D eigenvalue weighted by molar-refractivity contribution is 1.15. The van der Waals surface area contributed by atoms with Gasteiger partial charge in [-0.15, -0.1) is 0 Å². The second-order valence-corrected chi connectivity index (χ2v) is 3.69. The van der Waals surface area contributed by atoms with Gasteiger partial charge in [-0.1, -0.05) is 41.5 Å². The van der Waals surface area contributed by atoms with Gasteiger partial charge in [0.25, 0.3) is 0 Å². The molecule has 0 aromatic heterocycles. The summed E-state index contributed by atoms with van der Waals surface area (Å²) in [5.41, 5.74) is 4.62. The first-order valence-electron chi connectivity index (χ1n) is 4.50. The van der Waals surface area contributed by atoms with Gasteiger partial charge in [0, 0.05) is 5.92 Å². The van der Waals surface area contributed by atoms with Crippen LogP contribution in [-0.2, 0) is 0 Å². The van der Waals surface area contributed by atoms with E-state index in [0.29, 0.717) is 0 Å². The van der Waals surface area contributed by atoms with Crippen LogP contribution in [0.5, 0.6) is 0 Å². The molecule has 62 valence electrons. The topological polar surface area (TPSA) is 0 Å². The van der Waals surface area contributed by atoms with Gasteiger partial charge < -0.3 is 0 Å². The molecule has 0 bridgehead atoms. The summed E-state index contributed by atoms with van der Waals surface area (Å²) in [6.45, 7) is 4.41. The Morgan fingerprint density at radius 2 is 1.83 bits per heavy atom. The molecule has 0 radical (unpaired) electrons. The number of rotatable bonds is 1. The number of hydrogen-bond acceptors (Lipinski definition) is 0. The summed E-state index contributed by atoms with van der Waals surface area (Å²) in [6, 6.07) is 10.8. The van der Waals surface area contributed by atoms with Gasteiger partial charge in [0.2, 0.25) is 0 Å². The third-order valence-corrected chi connectivity index (χ3v) is 2.53. The average Bonchev–Trinajstić information content (AvgIpc) is 2.84. The van der Waals surface area contributed by atoms with Crippen LogP contribution in [-0.4, -0.2) is 0 Å². The van der Waals surface area contributed by atoms with Gasteiger partial charge in [0.15, 0.2) is 0 Å². The van der Waals surface area contributed by atoms with Crippen molar-refractivity contribution in [2.45, 2.75) is 26.2 Å². The van der Waals surface area contributed by atoms with Crippen molar-refractivity contribution in [3.63, 3.8) is 0 Å². The summed E-state index contributed by atoms with van der Waals surface area (Å²) in [7, 11) is 0. The maximum absolute atomic E-state index is 2.22. The Hall–Kier alpha value is -1.04. The molecule has 12 heavy (non-hydrogen) atoms. The Morgan fingerprint density at radius 3 is 2.33 bits per heavy atom. The fourth-order valence-corrected chi connectivity index (χ4v) is 1.72. The molecule has 1 atom stereocenters. The van der Waals surface area contributed by atoms with Crippen molar-refractivity contribution in [2.75, 3.05) is 0 Å². The van der Waals surface area contributed by atoms with E-state index in [1.165, 1.54) is 17.6 Å². The van der Waals surface area contributed by atoms with E-state index in [9.17, 15) is 0 Å². The SMILES string of the molecule is CC(C)=C1CC1c1ccccc1. The molecule has 1 aliphatic rings. The Balaban J connectivity index is 2.22. The minimum atomic E-state index is 0.746. The molecule has 0 heterocycles. The van der Waals surface area contributed by atoms with Crippen molar-refractivity contribution in [3.8, 4) is 0 Å². The van der Waals surface area contributed by atoms with E-state index in [-0.39, 0.29) is 0 Å². The van der Waals surface area contributed by atoms with E-state index >= 15 is 0 Å². The van der Waals surface area contributed by atoms with Crippen molar-refractivity contribution in [2.24, 2.45) is 0 Å². The molecular weight excluding hydrogens is 144 g/mol. The molecule has 1 aromatic rings. The first-order valence-corrected chi connectivity index (χ1v) is 4.50. The summed E-state index contributed by atoms with van der Waals surface area (Å²) in [5, 5.41) is 0. The highest BCUT2D eigenvalue weighted by molar-refractivity contribution is 5.42. The van der Waals surface area contributed by atoms with Gasteiger partial charge in [-0.05, 0) is 25.8 Å². The van der Waals surface area contributed by atoms with Crippen LogP contribution in [0.4, 0.5) is 0 Å². The molecule has 0 aliphatic heterocycles. The molecule has 1 saturated carbocycles. The van der Waals surface area contributed by atoms with Crippen LogP contribution in [0.3, 0.4) is 0 Å². The molecule has 0 amide bonds. The quantitative estimate of drug-likeness (QED) is 0.549. The predicted molar refractivity (Wildman–Crippen MR) is 52.2 cm³/mol. The Labute approximate surface area is 73.9 Å². The third-order valence-electron chi connectivity index (χ3n) is 2.53. The molecule has 1 aliphatic carbocycles. The summed E-state index contributed by atoms with van der Waals surface area (Å²) in [4.78, 5) is 0. The van der Waals surface area contributed by atoms with Crippen LogP contribution < -0.4 is 0 Å². The maximum Gasteiger partial charge on any atom is 0.00884 e. The molecule has 2 rings (SSSR count). The van der Waals surface area contributed by atoms with Gasteiger partial charge in [-0.25, -0.2) is 0 Å². The summed E-state index contributed by atoms with van der Waals surface area (Å²) in [5.74, 6) is 0.746. The Morgan fingerprint density at radius 1 is 1.17 bits per heavy atom. The maximum atomic E-state index is 2.22. The first-order chi connectivity index (χ1) is 5.79. The first kappa shape index (κ1) is 7.60. The van der Waals surface area contributed by atoms with Crippen LogP contribution in [0.2, 0.25) is 0 Å². The zero-order valence-electron chi connectivity index (χ0n) is 7.67. The molecule has 0 saturated heterocycles. The van der Waals surface area contributed by atoms with Crippen LogP contribution in [0.15, 0.2) is 41.5 Å². The molecule has 1 fully saturated rings. The lowest BCUT2D eigenvalue weighted by atomic mass is 10.1. The van der Waals surface area contributed by atoms with Gasteiger partial charge in [-0.3, -0.25) is 0 Å². The fraction of sp³-hybridized carbons (Fsp3) is 0.333. The second-order valence-electron chi connectivity index (χ2n) is 3.69. The Kier molecular flexibility index (Phi) is 1.76. The second kappa shape index (κ2) is 2.78. The monoisotopic (exact) mass is 158 g/mol. The van der Waals surface area contributed by atoms with Gasteiger partial charge in [0.1, 0.15) is 0 Å². The molecule has 1 unspecified atom stereocenters. The Bertz CT molecular complexity index is 302. The highest BCUT2D eigenvalue weighted by Gasteiger charge is 2.31. The number of allylic oxidation sites excluding steroid dienone is 2. The number of benzene rings is 1. The van der Waals surface area contributed by atoms with Crippen LogP contribution in [0, 0.1) is 0 Å². The van der Waals surface area contributed by atoms with Crippen LogP contribution in [0.25, 0.3) is 0 Å². The van der Waals surface area contributed by atoms with Crippen LogP contribution in [0.1, 0.15) is 31.7 Å². The predicted octanol–water partition coefficient (Wildman–Crippen LogP) is 3.51. The van der Waals surface area contributed by atoms with Crippen molar-refractivity contribution >= 4 is 0 Å². The van der Waals surface area contributed by atoms with Gasteiger partial charge >= 0.3 is 0 Å². The zero-order chi connectivity index (χ0) is 8.55. The summed E-state index contributed by atoms with van der Waals surface area (Å²) >= 11 is 0. The van der Waals surface area contributed by atoms with Gasteiger partial charge in [0.05, 0.1) is 0 Å². The summed E-state index contributed by atoms with van der Waals surface area (Å²) in [6.07, 6.45) is 1.28. The molecule has 0 nitrogen and oxygen atoms in total. The largest absolute Gasteiger partial charge is 0.0766 e. The van der Waals surface area contributed by atoms with E-state index in [4.69, 9.17) is 0 Å². The molecule has 0 heteroatoms. The van der Waals surface area contributed by atoms with E-state index in [1.807, 2.05) is 0 Å². The smallest absolute Gasteiger partial charge is 0.00884 e. The fourth-order valence-electron chi connectivity index (χ4n) is 1.72. The van der Waals surface area contributed by atoms with Crippen molar-refractivity contribution in [3.05, 3.63) is 47.0 Å². The van der Waals surface area contributed by atoms with Crippen LogP contribution >= 0.6 is 0 Å².